The zero-order chi connectivity index (χ0) is 12.8. The first kappa shape index (κ1) is 14.3. The van der Waals surface area contributed by atoms with Gasteiger partial charge in [0.15, 0.2) is 0 Å². The van der Waals surface area contributed by atoms with Gasteiger partial charge >= 0.3 is 0 Å². The molecule has 1 saturated heterocycles. The van der Waals surface area contributed by atoms with Gasteiger partial charge in [0.2, 0.25) is 0 Å². The predicted molar refractivity (Wildman–Crippen MR) is 77.1 cm³/mol. The van der Waals surface area contributed by atoms with Crippen LogP contribution in [0.4, 0.5) is 0 Å². The highest BCUT2D eigenvalue weighted by Gasteiger charge is 2.26. The van der Waals surface area contributed by atoms with Gasteiger partial charge in [-0.1, -0.05) is 6.92 Å². The molecular weight excluding hydrogens is 224 g/mol. The first-order valence-corrected chi connectivity index (χ1v) is 7.65. The van der Waals surface area contributed by atoms with E-state index in [9.17, 15) is 0 Å². The molecule has 0 aromatic carbocycles. The van der Waals surface area contributed by atoms with Gasteiger partial charge in [-0.25, -0.2) is 0 Å². The lowest BCUT2D eigenvalue weighted by atomic mass is 10.3. The van der Waals surface area contributed by atoms with Gasteiger partial charge in [0.05, 0.1) is 0 Å². The zero-order valence-corrected chi connectivity index (χ0v) is 12.2. The first-order valence-electron chi connectivity index (χ1n) is 7.65. The van der Waals surface area contributed by atoms with Gasteiger partial charge in [-0.3, -0.25) is 9.80 Å². The highest BCUT2D eigenvalue weighted by molar-refractivity contribution is 4.84. The fourth-order valence-corrected chi connectivity index (χ4v) is 2.69. The highest BCUT2D eigenvalue weighted by atomic mass is 15.3. The molecule has 0 unspecified atom stereocenters. The lowest BCUT2D eigenvalue weighted by Gasteiger charge is -2.32. The molecule has 4 heteroatoms. The number of nitrogens with zero attached hydrogens (tertiary/aromatic N) is 3. The van der Waals surface area contributed by atoms with Crippen molar-refractivity contribution in [2.75, 3.05) is 66.0 Å². The van der Waals surface area contributed by atoms with Crippen LogP contribution in [-0.4, -0.2) is 86.7 Å². The molecule has 0 amide bonds. The summed E-state index contributed by atoms with van der Waals surface area (Å²) >= 11 is 0. The van der Waals surface area contributed by atoms with E-state index in [2.05, 4.69) is 34.0 Å². The Morgan fingerprint density at radius 2 is 1.83 bits per heavy atom. The quantitative estimate of drug-likeness (QED) is 0.629. The second kappa shape index (κ2) is 7.43. The maximum absolute atomic E-state index is 3.59. The summed E-state index contributed by atoms with van der Waals surface area (Å²) in [6, 6.07) is 0.912. The number of nitrogens with one attached hydrogen (secondary N) is 1. The van der Waals surface area contributed by atoms with E-state index in [1.54, 1.807) is 0 Å². The van der Waals surface area contributed by atoms with Crippen molar-refractivity contribution in [1.29, 1.82) is 0 Å². The second-order valence-electron chi connectivity index (χ2n) is 5.75. The van der Waals surface area contributed by atoms with Gasteiger partial charge in [0.1, 0.15) is 0 Å². The molecule has 106 valence electrons. The highest BCUT2D eigenvalue weighted by Crippen LogP contribution is 2.25. The molecule has 1 aliphatic heterocycles. The van der Waals surface area contributed by atoms with Crippen molar-refractivity contribution in [3.63, 3.8) is 0 Å². The summed E-state index contributed by atoms with van der Waals surface area (Å²) in [5.41, 5.74) is 0. The van der Waals surface area contributed by atoms with Crippen LogP contribution < -0.4 is 5.32 Å². The van der Waals surface area contributed by atoms with Crippen molar-refractivity contribution in [2.45, 2.75) is 25.8 Å². The van der Waals surface area contributed by atoms with E-state index in [4.69, 9.17) is 0 Å². The van der Waals surface area contributed by atoms with Crippen LogP contribution in [0.5, 0.6) is 0 Å². The van der Waals surface area contributed by atoms with Crippen LogP contribution in [-0.2, 0) is 0 Å². The fourth-order valence-electron chi connectivity index (χ4n) is 2.69. The Hall–Kier alpha value is -0.160. The molecule has 1 N–H and O–H groups in total. The summed E-state index contributed by atoms with van der Waals surface area (Å²) < 4.78 is 0. The molecule has 1 saturated carbocycles. The Morgan fingerprint density at radius 1 is 1.11 bits per heavy atom. The van der Waals surface area contributed by atoms with E-state index in [1.165, 1.54) is 58.7 Å². The van der Waals surface area contributed by atoms with Gasteiger partial charge in [0, 0.05) is 58.4 Å². The molecule has 0 radical (unpaired) electrons. The van der Waals surface area contributed by atoms with E-state index in [0.29, 0.717) is 0 Å². The summed E-state index contributed by atoms with van der Waals surface area (Å²) in [7, 11) is 2.22. The first-order chi connectivity index (χ1) is 8.79. The lowest BCUT2D eigenvalue weighted by Crippen LogP contribution is -2.46. The molecule has 0 bridgehead atoms. The van der Waals surface area contributed by atoms with E-state index in [0.717, 1.165) is 19.1 Å². The van der Waals surface area contributed by atoms with Crippen molar-refractivity contribution in [3.05, 3.63) is 0 Å². The molecule has 0 atom stereocenters. The third kappa shape index (κ3) is 4.84. The minimum Gasteiger partial charge on any atom is -0.314 e. The average molecular weight is 254 g/mol. The predicted octanol–water partition coefficient (Wildman–Crippen LogP) is 0.308. The summed E-state index contributed by atoms with van der Waals surface area (Å²) in [5, 5.41) is 3.59. The summed E-state index contributed by atoms with van der Waals surface area (Å²) in [4.78, 5) is 7.60. The maximum atomic E-state index is 3.59. The SMILES string of the molecule is CCN(CCNCCN1CCN(C)CC1)C1CC1. The van der Waals surface area contributed by atoms with E-state index < -0.39 is 0 Å². The van der Waals surface area contributed by atoms with Crippen LogP contribution in [0.3, 0.4) is 0 Å². The van der Waals surface area contributed by atoms with Gasteiger partial charge in [-0.15, -0.1) is 0 Å². The normalized spacial score (nSPS) is 22.8. The van der Waals surface area contributed by atoms with E-state index in [-0.39, 0.29) is 0 Å². The average Bonchev–Trinajstić information content (AvgIpc) is 3.20. The van der Waals surface area contributed by atoms with Gasteiger partial charge < -0.3 is 10.2 Å². The molecule has 2 rings (SSSR count). The smallest absolute Gasteiger partial charge is 0.0110 e. The van der Waals surface area contributed by atoms with Crippen molar-refractivity contribution in [3.8, 4) is 0 Å². The van der Waals surface area contributed by atoms with E-state index >= 15 is 0 Å². The molecule has 0 spiro atoms. The Labute approximate surface area is 112 Å². The number of hydrogen-bond acceptors (Lipinski definition) is 4. The second-order valence-corrected chi connectivity index (χ2v) is 5.75. The van der Waals surface area contributed by atoms with Gasteiger partial charge in [-0.05, 0) is 26.4 Å². The third-order valence-corrected chi connectivity index (χ3v) is 4.25. The fraction of sp³-hybridized carbons (Fsp3) is 1.00. The number of rotatable bonds is 8. The van der Waals surface area contributed by atoms with Gasteiger partial charge in [0.25, 0.3) is 0 Å². The number of likely N-dealkylation sites (N-methyl/N-ethyl adjacent to an activating group) is 2. The summed E-state index contributed by atoms with van der Waals surface area (Å²) in [5.74, 6) is 0. The van der Waals surface area contributed by atoms with Gasteiger partial charge in [-0.2, -0.15) is 0 Å². The molecule has 1 aliphatic carbocycles. The maximum Gasteiger partial charge on any atom is 0.0110 e. The minimum atomic E-state index is 0.912. The van der Waals surface area contributed by atoms with Crippen LogP contribution >= 0.6 is 0 Å². The van der Waals surface area contributed by atoms with Crippen molar-refractivity contribution in [1.82, 2.24) is 20.0 Å². The molecular formula is C14H30N4. The van der Waals surface area contributed by atoms with Crippen LogP contribution in [0.25, 0.3) is 0 Å². The molecule has 0 aromatic heterocycles. The number of hydrogen-bond donors (Lipinski definition) is 1. The Morgan fingerprint density at radius 3 is 2.44 bits per heavy atom. The van der Waals surface area contributed by atoms with Crippen LogP contribution in [0.2, 0.25) is 0 Å². The monoisotopic (exact) mass is 254 g/mol. The number of piperazine rings is 1. The lowest BCUT2D eigenvalue weighted by molar-refractivity contribution is 0.154. The summed E-state index contributed by atoms with van der Waals surface area (Å²) in [6.07, 6.45) is 2.85. The topological polar surface area (TPSA) is 21.8 Å². The molecule has 4 nitrogen and oxygen atoms in total. The Kier molecular flexibility index (Phi) is 5.89. The third-order valence-electron chi connectivity index (χ3n) is 4.25. The molecule has 1 heterocycles. The summed E-state index contributed by atoms with van der Waals surface area (Å²) in [6.45, 7) is 13.2. The Bertz CT molecular complexity index is 222. The standard InChI is InChI=1S/C14H30N4/c1-3-18(14-4-5-14)9-7-15-6-8-17-12-10-16(2)11-13-17/h14-15H,3-13H2,1-2H3. The van der Waals surface area contributed by atoms with Crippen LogP contribution in [0, 0.1) is 0 Å². The molecule has 2 fully saturated rings. The molecule has 18 heavy (non-hydrogen) atoms. The minimum absolute atomic E-state index is 0.912. The molecule has 0 aromatic rings. The molecule has 2 aliphatic rings. The van der Waals surface area contributed by atoms with Crippen LogP contribution in [0.15, 0.2) is 0 Å². The van der Waals surface area contributed by atoms with E-state index in [1.807, 2.05) is 0 Å². The van der Waals surface area contributed by atoms with Crippen molar-refractivity contribution >= 4 is 0 Å². The van der Waals surface area contributed by atoms with Crippen molar-refractivity contribution < 1.29 is 0 Å². The Balaban J connectivity index is 1.45. The van der Waals surface area contributed by atoms with Crippen molar-refractivity contribution in [2.24, 2.45) is 0 Å². The zero-order valence-electron chi connectivity index (χ0n) is 12.2. The largest absolute Gasteiger partial charge is 0.314 e. The van der Waals surface area contributed by atoms with Crippen LogP contribution in [0.1, 0.15) is 19.8 Å².